The summed E-state index contributed by atoms with van der Waals surface area (Å²) < 4.78 is 19.9. The third-order valence-corrected chi connectivity index (χ3v) is 4.81. The number of rotatable bonds is 6. The molecular formula is C23H15BrClFN2O2. The molecule has 0 aliphatic heterocycles. The monoisotopic (exact) mass is 484 g/mol. The van der Waals surface area contributed by atoms with Gasteiger partial charge in [0.15, 0.2) is 0 Å². The third-order valence-electron chi connectivity index (χ3n) is 4.05. The minimum atomic E-state index is -0.622. The SMILES string of the molecule is N#C/C(=C\c1cc(Cl)ccc1OCc1ccc(Br)cc1)C(=O)Nc1ccc(F)cc1. The average Bonchev–Trinajstić information content (AvgIpc) is 2.74. The number of benzene rings is 3. The standard InChI is InChI=1S/C23H15BrClFN2O2/c24-18-3-1-15(2-4-18)14-30-22-10-5-19(25)12-16(22)11-17(13-27)23(29)28-21-8-6-20(26)7-9-21/h1-12H,14H2,(H,28,29)/b17-11+. The first kappa shape index (κ1) is 21.6. The number of ether oxygens (including phenoxy) is 1. The van der Waals surface area contributed by atoms with Crippen LogP contribution in [0.3, 0.4) is 0 Å². The predicted octanol–water partition coefficient (Wildman–Crippen LogP) is 6.37. The molecule has 150 valence electrons. The molecule has 3 rings (SSSR count). The Morgan fingerprint density at radius 2 is 1.83 bits per heavy atom. The summed E-state index contributed by atoms with van der Waals surface area (Å²) in [5.74, 6) is -0.567. The van der Waals surface area contributed by atoms with Crippen LogP contribution in [0.2, 0.25) is 5.02 Å². The number of carbonyl (C=O) groups excluding carboxylic acids is 1. The second-order valence-electron chi connectivity index (χ2n) is 6.23. The molecule has 1 amide bonds. The highest BCUT2D eigenvalue weighted by Gasteiger charge is 2.12. The Bertz CT molecular complexity index is 1120. The minimum Gasteiger partial charge on any atom is -0.488 e. The molecule has 3 aromatic rings. The first-order valence-electron chi connectivity index (χ1n) is 8.80. The number of hydrogen-bond acceptors (Lipinski definition) is 3. The first-order chi connectivity index (χ1) is 14.4. The van der Waals surface area contributed by atoms with Crippen molar-refractivity contribution in [2.24, 2.45) is 0 Å². The fourth-order valence-electron chi connectivity index (χ4n) is 2.54. The van der Waals surface area contributed by atoms with E-state index in [0.717, 1.165) is 10.0 Å². The lowest BCUT2D eigenvalue weighted by atomic mass is 10.1. The topological polar surface area (TPSA) is 62.1 Å². The maximum absolute atomic E-state index is 13.0. The zero-order valence-electron chi connectivity index (χ0n) is 15.5. The quantitative estimate of drug-likeness (QED) is 0.326. The summed E-state index contributed by atoms with van der Waals surface area (Å²) in [6, 6.07) is 19.8. The molecule has 0 fully saturated rings. The van der Waals surface area contributed by atoms with E-state index in [1.807, 2.05) is 30.3 Å². The Labute approximate surface area is 186 Å². The average molecular weight is 486 g/mol. The van der Waals surface area contributed by atoms with E-state index in [0.29, 0.717) is 28.6 Å². The van der Waals surface area contributed by atoms with E-state index in [1.54, 1.807) is 18.2 Å². The summed E-state index contributed by atoms with van der Waals surface area (Å²) in [5, 5.41) is 12.5. The molecule has 3 aromatic carbocycles. The number of anilines is 1. The number of halogens is 3. The van der Waals surface area contributed by atoms with E-state index in [1.165, 1.54) is 30.3 Å². The van der Waals surface area contributed by atoms with E-state index >= 15 is 0 Å². The molecule has 0 unspecified atom stereocenters. The van der Waals surface area contributed by atoms with Crippen LogP contribution in [0.4, 0.5) is 10.1 Å². The van der Waals surface area contributed by atoms with Gasteiger partial charge in [0.1, 0.15) is 29.8 Å². The summed E-state index contributed by atoms with van der Waals surface area (Å²) >= 11 is 9.48. The van der Waals surface area contributed by atoms with E-state index in [-0.39, 0.29) is 5.57 Å². The largest absolute Gasteiger partial charge is 0.488 e. The van der Waals surface area contributed by atoms with E-state index in [9.17, 15) is 14.4 Å². The van der Waals surface area contributed by atoms with Gasteiger partial charge < -0.3 is 10.1 Å². The highest BCUT2D eigenvalue weighted by molar-refractivity contribution is 9.10. The molecule has 0 saturated heterocycles. The fraction of sp³-hybridized carbons (Fsp3) is 0.0435. The number of nitriles is 1. The highest BCUT2D eigenvalue weighted by atomic mass is 79.9. The smallest absolute Gasteiger partial charge is 0.266 e. The van der Waals surface area contributed by atoms with Gasteiger partial charge in [-0.15, -0.1) is 0 Å². The molecule has 0 heterocycles. The van der Waals surface area contributed by atoms with Crippen LogP contribution < -0.4 is 10.1 Å². The lowest BCUT2D eigenvalue weighted by molar-refractivity contribution is -0.112. The van der Waals surface area contributed by atoms with E-state index in [2.05, 4.69) is 21.2 Å². The summed E-state index contributed by atoms with van der Waals surface area (Å²) in [5.41, 5.74) is 1.68. The van der Waals surface area contributed by atoms with Crippen molar-refractivity contribution in [3.05, 3.63) is 98.7 Å². The van der Waals surface area contributed by atoms with Crippen LogP contribution in [0, 0.1) is 17.1 Å². The van der Waals surface area contributed by atoms with Crippen LogP contribution in [-0.2, 0) is 11.4 Å². The number of nitrogens with zero attached hydrogens (tertiary/aromatic N) is 1. The van der Waals surface area contributed by atoms with Gasteiger partial charge in [-0.25, -0.2) is 4.39 Å². The molecule has 0 bridgehead atoms. The van der Waals surface area contributed by atoms with Crippen molar-refractivity contribution in [3.63, 3.8) is 0 Å². The predicted molar refractivity (Wildman–Crippen MR) is 119 cm³/mol. The summed E-state index contributed by atoms with van der Waals surface area (Å²) in [6.07, 6.45) is 1.40. The zero-order chi connectivity index (χ0) is 21.5. The Hall–Kier alpha value is -3.14. The normalized spacial score (nSPS) is 10.9. The maximum atomic E-state index is 13.0. The van der Waals surface area contributed by atoms with Crippen LogP contribution in [0.1, 0.15) is 11.1 Å². The van der Waals surface area contributed by atoms with Crippen molar-refractivity contribution in [2.45, 2.75) is 6.61 Å². The molecule has 30 heavy (non-hydrogen) atoms. The summed E-state index contributed by atoms with van der Waals surface area (Å²) in [4.78, 5) is 12.5. The Kier molecular flexibility index (Phi) is 7.23. The Balaban J connectivity index is 1.81. The van der Waals surface area contributed by atoms with E-state index < -0.39 is 11.7 Å². The van der Waals surface area contributed by atoms with Crippen LogP contribution >= 0.6 is 27.5 Å². The van der Waals surface area contributed by atoms with E-state index in [4.69, 9.17) is 16.3 Å². The van der Waals surface area contributed by atoms with Crippen LogP contribution in [-0.4, -0.2) is 5.91 Å². The molecule has 0 aliphatic carbocycles. The maximum Gasteiger partial charge on any atom is 0.266 e. The molecule has 0 aliphatic rings. The van der Waals surface area contributed by atoms with Gasteiger partial charge in [0.05, 0.1) is 0 Å². The van der Waals surface area contributed by atoms with Gasteiger partial charge in [0, 0.05) is 20.7 Å². The molecule has 0 saturated carbocycles. The minimum absolute atomic E-state index is 0.143. The van der Waals surface area contributed by atoms with Crippen molar-refractivity contribution in [3.8, 4) is 11.8 Å². The summed E-state index contributed by atoms with van der Waals surface area (Å²) in [7, 11) is 0. The Morgan fingerprint density at radius 3 is 2.50 bits per heavy atom. The third kappa shape index (κ3) is 5.93. The van der Waals surface area contributed by atoms with Crippen LogP contribution in [0.25, 0.3) is 6.08 Å². The van der Waals surface area contributed by atoms with Crippen LogP contribution in [0.5, 0.6) is 5.75 Å². The highest BCUT2D eigenvalue weighted by Crippen LogP contribution is 2.27. The molecule has 7 heteroatoms. The van der Waals surface area contributed by atoms with Crippen molar-refractivity contribution in [2.75, 3.05) is 5.32 Å². The number of hydrogen-bond donors (Lipinski definition) is 1. The number of carbonyl (C=O) groups is 1. The lowest BCUT2D eigenvalue weighted by Crippen LogP contribution is -2.13. The van der Waals surface area contributed by atoms with Gasteiger partial charge in [-0.05, 0) is 66.2 Å². The molecule has 0 aromatic heterocycles. The van der Waals surface area contributed by atoms with Gasteiger partial charge in [0.25, 0.3) is 5.91 Å². The molecule has 0 radical (unpaired) electrons. The van der Waals surface area contributed by atoms with Gasteiger partial charge in [-0.1, -0.05) is 39.7 Å². The fourth-order valence-corrected chi connectivity index (χ4v) is 2.99. The molecular weight excluding hydrogens is 471 g/mol. The molecule has 0 atom stereocenters. The zero-order valence-corrected chi connectivity index (χ0v) is 17.9. The van der Waals surface area contributed by atoms with Crippen molar-refractivity contribution in [1.29, 1.82) is 5.26 Å². The lowest BCUT2D eigenvalue weighted by Gasteiger charge is -2.11. The molecule has 4 nitrogen and oxygen atoms in total. The second kappa shape index (κ2) is 10.1. The van der Waals surface area contributed by atoms with Crippen molar-refractivity contribution >= 4 is 45.2 Å². The number of amides is 1. The van der Waals surface area contributed by atoms with Crippen LogP contribution in [0.15, 0.2) is 76.8 Å². The summed E-state index contributed by atoms with van der Waals surface area (Å²) in [6.45, 7) is 0.305. The molecule has 1 N–H and O–H groups in total. The van der Waals surface area contributed by atoms with Gasteiger partial charge >= 0.3 is 0 Å². The Morgan fingerprint density at radius 1 is 1.13 bits per heavy atom. The van der Waals surface area contributed by atoms with Gasteiger partial charge in [-0.3, -0.25) is 4.79 Å². The van der Waals surface area contributed by atoms with Crippen molar-refractivity contribution < 1.29 is 13.9 Å². The van der Waals surface area contributed by atoms with Gasteiger partial charge in [-0.2, -0.15) is 5.26 Å². The van der Waals surface area contributed by atoms with Crippen molar-refractivity contribution in [1.82, 2.24) is 0 Å². The first-order valence-corrected chi connectivity index (χ1v) is 9.97. The number of nitrogens with one attached hydrogen (secondary N) is 1. The second-order valence-corrected chi connectivity index (χ2v) is 7.58. The molecule has 0 spiro atoms. The van der Waals surface area contributed by atoms with Gasteiger partial charge in [0.2, 0.25) is 0 Å².